The molecule has 0 bridgehead atoms. The molecule has 0 saturated heterocycles. The highest BCUT2D eigenvalue weighted by atomic mass is 15.1. The Hall–Kier alpha value is -6.00. The number of hydrogen-bond acceptors (Lipinski definition) is 0. The van der Waals surface area contributed by atoms with Gasteiger partial charge >= 0.3 is 0 Å². The van der Waals surface area contributed by atoms with E-state index in [1.807, 2.05) is 0 Å². The van der Waals surface area contributed by atoms with E-state index in [0.717, 1.165) is 0 Å². The van der Waals surface area contributed by atoms with Crippen LogP contribution >= 0.6 is 0 Å². The lowest BCUT2D eigenvalue weighted by Crippen LogP contribution is -2.59. The van der Waals surface area contributed by atoms with E-state index in [1.165, 1.54) is 98.9 Å². The van der Waals surface area contributed by atoms with Crippen LogP contribution in [0.5, 0.6) is 0 Å². The fourth-order valence-electron chi connectivity index (χ4n) is 9.18. The normalized spacial score (nSPS) is 13.2. The Morgan fingerprint density at radius 3 is 1.30 bits per heavy atom. The minimum atomic E-state index is 0.110. The van der Waals surface area contributed by atoms with Gasteiger partial charge in [-0.2, -0.15) is 0 Å². The van der Waals surface area contributed by atoms with Gasteiger partial charge in [0.1, 0.15) is 0 Å². The molecule has 0 saturated carbocycles. The van der Waals surface area contributed by atoms with E-state index in [4.69, 9.17) is 0 Å². The lowest BCUT2D eigenvalue weighted by atomic mass is 9.34. The quantitative estimate of drug-likeness (QED) is 0.174. The Bertz CT molecular complexity index is 2940. The van der Waals surface area contributed by atoms with Crippen molar-refractivity contribution in [1.29, 1.82) is 0 Å². The molecule has 210 valence electrons. The molecule has 3 aromatic heterocycles. The zero-order valence-corrected chi connectivity index (χ0v) is 24.8. The van der Waals surface area contributed by atoms with E-state index in [1.54, 1.807) is 0 Å². The van der Waals surface area contributed by atoms with E-state index in [9.17, 15) is 0 Å². The highest BCUT2D eigenvalue weighted by molar-refractivity contribution is 7.00. The van der Waals surface area contributed by atoms with Crippen LogP contribution in [0.15, 0.2) is 146 Å². The van der Waals surface area contributed by atoms with Crippen molar-refractivity contribution in [3.63, 3.8) is 0 Å². The molecule has 5 heterocycles. The summed E-state index contributed by atoms with van der Waals surface area (Å²) in [5.74, 6) is 0. The summed E-state index contributed by atoms with van der Waals surface area (Å²) < 4.78 is 7.64. The standard InChI is InChI=1S/C42H24BN3/c1-5-19-33-25(11-1)26-12-2-6-20-34(26)44(33)38-24-23-37-39-42(38)46-36-22-8-4-14-28(36)30-16-10-18-32(41(30)46)43(39)31-17-9-15-29-27-13-3-7-21-35(27)45(37)40(29)31/h1-24H. The van der Waals surface area contributed by atoms with Crippen LogP contribution in [-0.4, -0.2) is 20.4 Å². The maximum Gasteiger partial charge on any atom is 0.252 e. The number of aromatic nitrogens is 3. The molecule has 0 aliphatic carbocycles. The SMILES string of the molecule is c1ccc2c(c1)c1ccccc1n2-c1ccc2c3c1-n1c4ccccc4c4cccc(c41)B3c1cccc3c4ccccc4n-2c13. The zero-order valence-electron chi connectivity index (χ0n) is 24.8. The molecule has 0 fully saturated rings. The fourth-order valence-corrected chi connectivity index (χ4v) is 9.18. The van der Waals surface area contributed by atoms with Gasteiger partial charge in [0.05, 0.1) is 33.4 Å². The molecule has 2 aliphatic rings. The maximum atomic E-state index is 2.59. The largest absolute Gasteiger partial charge is 0.310 e. The predicted molar refractivity (Wildman–Crippen MR) is 194 cm³/mol. The molecule has 0 atom stereocenters. The minimum Gasteiger partial charge on any atom is -0.310 e. The second kappa shape index (κ2) is 7.98. The topological polar surface area (TPSA) is 14.8 Å². The fraction of sp³-hybridized carbons (Fsp3) is 0. The molecule has 0 spiro atoms. The van der Waals surface area contributed by atoms with Crippen LogP contribution in [0.2, 0.25) is 0 Å². The minimum absolute atomic E-state index is 0.110. The van der Waals surface area contributed by atoms with Crippen molar-refractivity contribution in [1.82, 2.24) is 13.7 Å². The lowest BCUT2D eigenvalue weighted by molar-refractivity contribution is 1.08. The summed E-state index contributed by atoms with van der Waals surface area (Å²) in [6.45, 7) is 0.110. The molecular weight excluding hydrogens is 557 g/mol. The van der Waals surface area contributed by atoms with Crippen molar-refractivity contribution in [2.45, 2.75) is 0 Å². The Kier molecular flexibility index (Phi) is 4.06. The Morgan fingerprint density at radius 2 is 0.739 bits per heavy atom. The maximum absolute atomic E-state index is 2.59. The van der Waals surface area contributed by atoms with Crippen molar-refractivity contribution < 1.29 is 0 Å². The summed E-state index contributed by atoms with van der Waals surface area (Å²) in [6, 6.07) is 54.3. The summed E-state index contributed by atoms with van der Waals surface area (Å²) in [6.07, 6.45) is 0. The Balaban J connectivity index is 1.37. The monoisotopic (exact) mass is 581 g/mol. The highest BCUT2D eigenvalue weighted by Crippen LogP contribution is 2.42. The first-order valence-corrected chi connectivity index (χ1v) is 16.1. The summed E-state index contributed by atoms with van der Waals surface area (Å²) in [7, 11) is 0. The van der Waals surface area contributed by atoms with Crippen LogP contribution in [0.1, 0.15) is 0 Å². The number of benzene rings is 7. The first-order valence-electron chi connectivity index (χ1n) is 16.1. The van der Waals surface area contributed by atoms with Crippen LogP contribution in [0.3, 0.4) is 0 Å². The first-order chi connectivity index (χ1) is 22.9. The number of fused-ring (bicyclic) bond motifs is 13. The molecule has 0 radical (unpaired) electrons. The second-order valence-electron chi connectivity index (χ2n) is 12.9. The van der Waals surface area contributed by atoms with Crippen molar-refractivity contribution in [2.75, 3.05) is 0 Å². The van der Waals surface area contributed by atoms with Gasteiger partial charge < -0.3 is 13.7 Å². The van der Waals surface area contributed by atoms with E-state index < -0.39 is 0 Å². The van der Waals surface area contributed by atoms with Crippen molar-refractivity contribution >= 4 is 88.5 Å². The van der Waals surface area contributed by atoms with Crippen molar-refractivity contribution in [2.24, 2.45) is 0 Å². The molecule has 0 N–H and O–H groups in total. The molecule has 2 aliphatic heterocycles. The van der Waals surface area contributed by atoms with Crippen LogP contribution in [-0.2, 0) is 0 Å². The van der Waals surface area contributed by atoms with Crippen molar-refractivity contribution in [3.8, 4) is 17.1 Å². The zero-order chi connectivity index (χ0) is 29.7. The van der Waals surface area contributed by atoms with Crippen LogP contribution in [0, 0.1) is 0 Å². The number of hydrogen-bond donors (Lipinski definition) is 0. The van der Waals surface area contributed by atoms with Crippen LogP contribution < -0.4 is 16.4 Å². The first kappa shape index (κ1) is 23.4. The highest BCUT2D eigenvalue weighted by Gasteiger charge is 2.41. The Labute approximate surface area is 264 Å². The number of nitrogens with zero attached hydrogens (tertiary/aromatic N) is 3. The molecule has 0 amide bonds. The lowest BCUT2D eigenvalue weighted by Gasteiger charge is -2.35. The van der Waals surface area contributed by atoms with E-state index in [0.29, 0.717) is 0 Å². The molecule has 4 heteroatoms. The van der Waals surface area contributed by atoms with E-state index in [-0.39, 0.29) is 6.71 Å². The average Bonchev–Trinajstić information content (AvgIpc) is 3.76. The third kappa shape index (κ3) is 2.54. The summed E-state index contributed by atoms with van der Waals surface area (Å²) in [5, 5.41) is 7.80. The van der Waals surface area contributed by atoms with E-state index >= 15 is 0 Å². The van der Waals surface area contributed by atoms with Gasteiger partial charge in [-0.15, -0.1) is 0 Å². The van der Waals surface area contributed by atoms with Gasteiger partial charge in [0.2, 0.25) is 0 Å². The van der Waals surface area contributed by atoms with Gasteiger partial charge in [0.15, 0.2) is 0 Å². The van der Waals surface area contributed by atoms with Gasteiger partial charge in [-0.3, -0.25) is 0 Å². The van der Waals surface area contributed by atoms with E-state index in [2.05, 4.69) is 159 Å². The van der Waals surface area contributed by atoms with Gasteiger partial charge in [-0.05, 0) is 52.8 Å². The smallest absolute Gasteiger partial charge is 0.252 e. The van der Waals surface area contributed by atoms with Crippen molar-refractivity contribution in [3.05, 3.63) is 146 Å². The summed E-state index contributed by atoms with van der Waals surface area (Å²) in [5.41, 5.74) is 15.5. The van der Waals surface area contributed by atoms with Gasteiger partial charge in [-0.1, -0.05) is 109 Å². The predicted octanol–water partition coefficient (Wildman–Crippen LogP) is 8.12. The number of rotatable bonds is 1. The number of para-hydroxylation sites is 6. The van der Waals surface area contributed by atoms with Crippen LogP contribution in [0.25, 0.3) is 82.5 Å². The van der Waals surface area contributed by atoms with Gasteiger partial charge in [-0.25, -0.2) is 0 Å². The molecule has 3 nitrogen and oxygen atoms in total. The molecule has 7 aromatic carbocycles. The van der Waals surface area contributed by atoms with Gasteiger partial charge in [0, 0.05) is 49.0 Å². The molecule has 10 aromatic rings. The van der Waals surface area contributed by atoms with Gasteiger partial charge in [0.25, 0.3) is 6.71 Å². The third-order valence-electron chi connectivity index (χ3n) is 10.8. The average molecular weight is 581 g/mol. The molecule has 0 unspecified atom stereocenters. The molecule has 12 rings (SSSR count). The molecular formula is C42H24BN3. The second-order valence-corrected chi connectivity index (χ2v) is 12.9. The Morgan fingerprint density at radius 1 is 0.326 bits per heavy atom. The summed E-state index contributed by atoms with van der Waals surface area (Å²) in [4.78, 5) is 0. The van der Waals surface area contributed by atoms with Crippen LogP contribution in [0.4, 0.5) is 0 Å². The molecule has 46 heavy (non-hydrogen) atoms. The summed E-state index contributed by atoms with van der Waals surface area (Å²) >= 11 is 0. The third-order valence-corrected chi connectivity index (χ3v) is 10.8.